The molecule has 0 saturated heterocycles. The van der Waals surface area contributed by atoms with Gasteiger partial charge in [-0.15, -0.1) is 0 Å². The first-order valence-corrected chi connectivity index (χ1v) is 6.33. The average Bonchev–Trinajstić information content (AvgIpc) is 2.39. The van der Waals surface area contributed by atoms with Crippen molar-refractivity contribution >= 4 is 29.2 Å². The number of hydrogen-bond donors (Lipinski definition) is 2. The highest BCUT2D eigenvalue weighted by atomic mass is 35.5. The highest BCUT2D eigenvalue weighted by molar-refractivity contribution is 6.33. The summed E-state index contributed by atoms with van der Waals surface area (Å²) in [7, 11) is 0. The van der Waals surface area contributed by atoms with Crippen LogP contribution in [0.25, 0.3) is 0 Å². The number of anilines is 1. The molecule has 1 amide bonds. The summed E-state index contributed by atoms with van der Waals surface area (Å²) in [4.78, 5) is 23.1. The van der Waals surface area contributed by atoms with Gasteiger partial charge in [0.1, 0.15) is 0 Å². The summed E-state index contributed by atoms with van der Waals surface area (Å²) in [6.07, 6.45) is 0.813. The molecule has 1 rings (SSSR count). The maximum absolute atomic E-state index is 11.7. The van der Waals surface area contributed by atoms with E-state index in [4.69, 9.17) is 22.1 Å². The Labute approximate surface area is 117 Å². The van der Waals surface area contributed by atoms with E-state index in [1.165, 1.54) is 18.2 Å². The summed E-state index contributed by atoms with van der Waals surface area (Å²) in [5, 5.41) is 2.97. The largest absolute Gasteiger partial charge is 0.452 e. The third-order valence-electron chi connectivity index (χ3n) is 2.59. The molecule has 104 valence electrons. The smallest absolute Gasteiger partial charge is 0.338 e. The van der Waals surface area contributed by atoms with Gasteiger partial charge in [-0.3, -0.25) is 4.79 Å². The Morgan fingerprint density at radius 3 is 2.74 bits per heavy atom. The molecule has 0 fully saturated rings. The lowest BCUT2D eigenvalue weighted by Gasteiger charge is -2.11. The molecule has 3 N–H and O–H groups in total. The molecule has 0 bridgehead atoms. The Balaban J connectivity index is 2.51. The Kier molecular flexibility index (Phi) is 5.63. The molecule has 0 aliphatic heterocycles. The minimum absolute atomic E-state index is 0.0529. The topological polar surface area (TPSA) is 81.4 Å². The summed E-state index contributed by atoms with van der Waals surface area (Å²) < 4.78 is 4.88. The highest BCUT2D eigenvalue weighted by Gasteiger charge is 2.12. The fraction of sp³-hybridized carbons (Fsp3) is 0.385. The van der Waals surface area contributed by atoms with Crippen molar-refractivity contribution in [1.29, 1.82) is 0 Å². The maximum atomic E-state index is 11.7. The zero-order chi connectivity index (χ0) is 14.4. The van der Waals surface area contributed by atoms with Gasteiger partial charge in [0, 0.05) is 6.04 Å². The first-order valence-electron chi connectivity index (χ1n) is 5.95. The van der Waals surface area contributed by atoms with E-state index in [0.717, 1.165) is 6.42 Å². The molecular weight excluding hydrogens is 268 g/mol. The zero-order valence-corrected chi connectivity index (χ0v) is 11.7. The van der Waals surface area contributed by atoms with Crippen molar-refractivity contribution in [2.24, 2.45) is 0 Å². The number of nitrogens with one attached hydrogen (secondary N) is 1. The standard InChI is InChI=1S/C13H17ClN2O3/c1-3-8(2)16-12(17)7-19-13(18)9-4-5-11(15)10(14)6-9/h4-6,8H,3,7,15H2,1-2H3,(H,16,17). The Morgan fingerprint density at radius 2 is 2.16 bits per heavy atom. The van der Waals surface area contributed by atoms with Gasteiger partial charge in [0.2, 0.25) is 0 Å². The predicted octanol–water partition coefficient (Wildman–Crippen LogP) is 1.99. The van der Waals surface area contributed by atoms with Crippen molar-refractivity contribution in [2.75, 3.05) is 12.3 Å². The fourth-order valence-corrected chi connectivity index (χ4v) is 1.47. The second-order valence-corrected chi connectivity index (χ2v) is 4.60. The molecule has 6 heteroatoms. The number of esters is 1. The van der Waals surface area contributed by atoms with E-state index in [1.54, 1.807) is 0 Å². The van der Waals surface area contributed by atoms with Crippen LogP contribution in [-0.2, 0) is 9.53 Å². The summed E-state index contributed by atoms with van der Waals surface area (Å²) in [6, 6.07) is 4.47. The normalized spacial score (nSPS) is 11.7. The summed E-state index contributed by atoms with van der Waals surface area (Å²) >= 11 is 5.80. The number of carbonyl (C=O) groups is 2. The molecule has 1 aromatic rings. The van der Waals surface area contributed by atoms with Crippen molar-refractivity contribution in [1.82, 2.24) is 5.32 Å². The number of hydrogen-bond acceptors (Lipinski definition) is 4. The molecule has 0 radical (unpaired) electrons. The van der Waals surface area contributed by atoms with Crippen LogP contribution in [0.3, 0.4) is 0 Å². The van der Waals surface area contributed by atoms with Crippen molar-refractivity contribution in [3.63, 3.8) is 0 Å². The fourth-order valence-electron chi connectivity index (χ4n) is 1.29. The van der Waals surface area contributed by atoms with Gasteiger partial charge in [0.05, 0.1) is 16.3 Å². The maximum Gasteiger partial charge on any atom is 0.338 e. The molecule has 1 unspecified atom stereocenters. The van der Waals surface area contributed by atoms with E-state index in [2.05, 4.69) is 5.32 Å². The lowest BCUT2D eigenvalue weighted by molar-refractivity contribution is -0.124. The number of amides is 1. The van der Waals surface area contributed by atoms with E-state index in [0.29, 0.717) is 5.69 Å². The highest BCUT2D eigenvalue weighted by Crippen LogP contribution is 2.19. The van der Waals surface area contributed by atoms with Gasteiger partial charge < -0.3 is 15.8 Å². The minimum atomic E-state index is -0.610. The van der Waals surface area contributed by atoms with E-state index in [1.807, 2.05) is 13.8 Å². The van der Waals surface area contributed by atoms with Crippen molar-refractivity contribution in [3.8, 4) is 0 Å². The Bertz CT molecular complexity index is 477. The molecule has 0 heterocycles. The first-order chi connectivity index (χ1) is 8.93. The van der Waals surface area contributed by atoms with Crippen LogP contribution in [0.5, 0.6) is 0 Å². The number of carbonyl (C=O) groups excluding carboxylic acids is 2. The van der Waals surface area contributed by atoms with Crippen LogP contribution in [0.4, 0.5) is 5.69 Å². The van der Waals surface area contributed by atoms with Gasteiger partial charge >= 0.3 is 5.97 Å². The van der Waals surface area contributed by atoms with Crippen LogP contribution in [0.15, 0.2) is 18.2 Å². The number of nitrogen functional groups attached to an aromatic ring is 1. The number of halogens is 1. The third kappa shape index (κ3) is 4.79. The van der Waals surface area contributed by atoms with Crippen LogP contribution in [0, 0.1) is 0 Å². The quantitative estimate of drug-likeness (QED) is 0.640. The van der Waals surface area contributed by atoms with Crippen LogP contribution < -0.4 is 11.1 Å². The Hall–Kier alpha value is -1.75. The monoisotopic (exact) mass is 284 g/mol. The Morgan fingerprint density at radius 1 is 1.47 bits per heavy atom. The molecule has 19 heavy (non-hydrogen) atoms. The van der Waals surface area contributed by atoms with Crippen LogP contribution >= 0.6 is 11.6 Å². The molecule has 1 atom stereocenters. The van der Waals surface area contributed by atoms with E-state index >= 15 is 0 Å². The first kappa shape index (κ1) is 15.3. The van der Waals surface area contributed by atoms with Crippen molar-refractivity contribution in [2.45, 2.75) is 26.3 Å². The van der Waals surface area contributed by atoms with Gasteiger partial charge in [-0.05, 0) is 31.5 Å². The second-order valence-electron chi connectivity index (χ2n) is 4.19. The van der Waals surface area contributed by atoms with Gasteiger partial charge in [-0.1, -0.05) is 18.5 Å². The van der Waals surface area contributed by atoms with Crippen LogP contribution in [0.2, 0.25) is 5.02 Å². The number of rotatable bonds is 5. The number of benzene rings is 1. The van der Waals surface area contributed by atoms with E-state index in [9.17, 15) is 9.59 Å². The lowest BCUT2D eigenvalue weighted by Crippen LogP contribution is -2.35. The zero-order valence-electron chi connectivity index (χ0n) is 10.9. The van der Waals surface area contributed by atoms with Gasteiger partial charge in [-0.2, -0.15) is 0 Å². The van der Waals surface area contributed by atoms with E-state index < -0.39 is 5.97 Å². The molecule has 0 aromatic heterocycles. The molecular formula is C13H17ClN2O3. The van der Waals surface area contributed by atoms with Crippen molar-refractivity contribution < 1.29 is 14.3 Å². The van der Waals surface area contributed by atoms with Crippen molar-refractivity contribution in [3.05, 3.63) is 28.8 Å². The summed E-state index contributed by atoms with van der Waals surface area (Å²) in [6.45, 7) is 3.51. The molecule has 0 aliphatic rings. The summed E-state index contributed by atoms with van der Waals surface area (Å²) in [5.74, 6) is -0.939. The molecule has 0 saturated carbocycles. The van der Waals surface area contributed by atoms with Gasteiger partial charge in [0.25, 0.3) is 5.91 Å². The van der Waals surface area contributed by atoms with E-state index in [-0.39, 0.29) is 29.1 Å². The van der Waals surface area contributed by atoms with Gasteiger partial charge in [0.15, 0.2) is 6.61 Å². The molecule has 1 aromatic carbocycles. The molecule has 5 nitrogen and oxygen atoms in total. The number of nitrogens with two attached hydrogens (primary N) is 1. The SMILES string of the molecule is CCC(C)NC(=O)COC(=O)c1ccc(N)c(Cl)c1. The van der Waals surface area contributed by atoms with Gasteiger partial charge in [-0.25, -0.2) is 4.79 Å². The van der Waals surface area contributed by atoms with Crippen LogP contribution in [0.1, 0.15) is 30.6 Å². The number of ether oxygens (including phenoxy) is 1. The minimum Gasteiger partial charge on any atom is -0.452 e. The molecule has 0 spiro atoms. The second kappa shape index (κ2) is 6.99. The average molecular weight is 285 g/mol. The summed E-state index contributed by atoms with van der Waals surface area (Å²) in [5.41, 5.74) is 6.17. The third-order valence-corrected chi connectivity index (χ3v) is 2.92. The molecule has 0 aliphatic carbocycles. The lowest BCUT2D eigenvalue weighted by atomic mass is 10.2. The van der Waals surface area contributed by atoms with Crippen LogP contribution in [-0.4, -0.2) is 24.5 Å². The predicted molar refractivity (Wildman–Crippen MR) is 74.0 cm³/mol.